The number of ether oxygens (including phenoxy) is 3. The number of methoxy groups -OCH3 is 1. The lowest BCUT2D eigenvalue weighted by atomic mass is 9.83. The normalized spacial score (nSPS) is 18.6. The van der Waals surface area contributed by atoms with E-state index in [1.807, 2.05) is 12.1 Å². The maximum Gasteiger partial charge on any atom is 0.272 e. The third kappa shape index (κ3) is 2.57. The summed E-state index contributed by atoms with van der Waals surface area (Å²) >= 11 is 0. The van der Waals surface area contributed by atoms with Gasteiger partial charge in [0.25, 0.3) is 5.56 Å². The van der Waals surface area contributed by atoms with E-state index < -0.39 is 23.3 Å². The van der Waals surface area contributed by atoms with Crippen molar-refractivity contribution in [3.63, 3.8) is 0 Å². The monoisotopic (exact) mass is 436 g/mol. The molecule has 2 aromatic carbocycles. The van der Waals surface area contributed by atoms with Gasteiger partial charge in [-0.25, -0.2) is 14.5 Å². The molecule has 4 heterocycles. The molecule has 11 heteroatoms. The van der Waals surface area contributed by atoms with Crippen LogP contribution < -0.4 is 25.1 Å². The summed E-state index contributed by atoms with van der Waals surface area (Å²) in [6.45, 7) is 0.0934. The second-order valence-corrected chi connectivity index (χ2v) is 7.61. The number of rotatable bonds is 3. The Balaban J connectivity index is 1.63. The van der Waals surface area contributed by atoms with Gasteiger partial charge in [-0.15, -0.1) is 0 Å². The number of nitrogens with zero attached hydrogens (tertiary/aromatic N) is 4. The van der Waals surface area contributed by atoms with E-state index in [1.165, 1.54) is 18.5 Å². The number of H-pyrrole nitrogens is 1. The molecule has 2 aliphatic heterocycles. The number of halogens is 1. The first-order valence-corrected chi connectivity index (χ1v) is 9.85. The van der Waals surface area contributed by atoms with Crippen LogP contribution in [-0.4, -0.2) is 38.9 Å². The van der Waals surface area contributed by atoms with Gasteiger partial charge >= 0.3 is 0 Å². The van der Waals surface area contributed by atoms with Crippen LogP contribution in [0.2, 0.25) is 0 Å². The molecule has 6 rings (SSSR count). The molecule has 0 amide bonds. The van der Waals surface area contributed by atoms with Crippen LogP contribution in [0.15, 0.2) is 35.4 Å². The number of anilines is 1. The van der Waals surface area contributed by atoms with E-state index in [0.29, 0.717) is 39.8 Å². The molecule has 0 fully saturated rings. The van der Waals surface area contributed by atoms with E-state index in [1.54, 1.807) is 18.8 Å². The molecule has 2 N–H and O–H groups in total. The second-order valence-electron chi connectivity index (χ2n) is 7.61. The Labute approximate surface area is 179 Å². The Kier molecular flexibility index (Phi) is 3.88. The Morgan fingerprint density at radius 3 is 2.91 bits per heavy atom. The minimum absolute atomic E-state index is 0.0934. The number of aryl methyl sites for hydroxylation is 1. The van der Waals surface area contributed by atoms with Crippen LogP contribution in [0.5, 0.6) is 17.2 Å². The van der Waals surface area contributed by atoms with E-state index in [-0.39, 0.29) is 12.2 Å². The number of nitrogens with one attached hydrogen (secondary N) is 2. The van der Waals surface area contributed by atoms with Crippen LogP contribution in [0.4, 0.5) is 10.1 Å². The molecule has 162 valence electrons. The second kappa shape index (κ2) is 6.67. The lowest BCUT2D eigenvalue weighted by molar-refractivity contribution is 0.171. The molecule has 2 aromatic heterocycles. The van der Waals surface area contributed by atoms with Gasteiger partial charge in [0.2, 0.25) is 12.5 Å². The van der Waals surface area contributed by atoms with Gasteiger partial charge in [-0.2, -0.15) is 10.2 Å². The van der Waals surface area contributed by atoms with Gasteiger partial charge in [-0.1, -0.05) is 0 Å². The number of hydrogen-bond donors (Lipinski definition) is 2. The SMILES string of the molecule is COc1cc(C2Nc3cc(F)cc4c(=O)[nH]nc(c34)C2c2ncnn2C)cc2c1OCO2. The third-order valence-corrected chi connectivity index (χ3v) is 5.89. The predicted octanol–water partition coefficient (Wildman–Crippen LogP) is 2.23. The van der Waals surface area contributed by atoms with E-state index in [4.69, 9.17) is 14.2 Å². The van der Waals surface area contributed by atoms with Gasteiger partial charge in [0, 0.05) is 18.1 Å². The Morgan fingerprint density at radius 2 is 2.12 bits per heavy atom. The van der Waals surface area contributed by atoms with E-state index >= 15 is 0 Å². The molecule has 0 bridgehead atoms. The van der Waals surface area contributed by atoms with Crippen molar-refractivity contribution in [1.82, 2.24) is 25.0 Å². The van der Waals surface area contributed by atoms with E-state index in [9.17, 15) is 9.18 Å². The fraction of sp³-hybridized carbons (Fsp3) is 0.238. The summed E-state index contributed by atoms with van der Waals surface area (Å²) < 4.78 is 32.7. The number of aromatic nitrogens is 5. The molecule has 2 unspecified atom stereocenters. The lowest BCUT2D eigenvalue weighted by Gasteiger charge is -2.34. The zero-order valence-electron chi connectivity index (χ0n) is 17.0. The van der Waals surface area contributed by atoms with Gasteiger partial charge < -0.3 is 19.5 Å². The highest BCUT2D eigenvalue weighted by Crippen LogP contribution is 2.49. The first-order valence-electron chi connectivity index (χ1n) is 9.85. The highest BCUT2D eigenvalue weighted by molar-refractivity contribution is 5.97. The molecule has 0 saturated carbocycles. The molecule has 32 heavy (non-hydrogen) atoms. The zero-order chi connectivity index (χ0) is 22.0. The topological polar surface area (TPSA) is 116 Å². The number of aromatic amines is 1. The van der Waals surface area contributed by atoms with Gasteiger partial charge in [-0.3, -0.25) is 9.48 Å². The van der Waals surface area contributed by atoms with Crippen molar-refractivity contribution < 1.29 is 18.6 Å². The van der Waals surface area contributed by atoms with Crippen LogP contribution in [0.3, 0.4) is 0 Å². The molecule has 0 spiro atoms. The Hall–Kier alpha value is -4.15. The summed E-state index contributed by atoms with van der Waals surface area (Å²) in [6, 6.07) is 5.80. The fourth-order valence-electron chi connectivity index (χ4n) is 4.50. The summed E-state index contributed by atoms with van der Waals surface area (Å²) in [5.74, 6) is 1.22. The third-order valence-electron chi connectivity index (χ3n) is 5.89. The molecule has 2 aliphatic rings. The Morgan fingerprint density at radius 1 is 1.25 bits per heavy atom. The average Bonchev–Trinajstić information content (AvgIpc) is 3.43. The minimum Gasteiger partial charge on any atom is -0.493 e. The largest absolute Gasteiger partial charge is 0.493 e. The maximum absolute atomic E-state index is 14.4. The molecule has 4 aromatic rings. The van der Waals surface area contributed by atoms with Gasteiger partial charge in [0.1, 0.15) is 18.0 Å². The quantitative estimate of drug-likeness (QED) is 0.502. The lowest BCUT2D eigenvalue weighted by Crippen LogP contribution is -2.30. The zero-order valence-corrected chi connectivity index (χ0v) is 17.0. The van der Waals surface area contributed by atoms with Crippen molar-refractivity contribution >= 4 is 16.5 Å². The average molecular weight is 436 g/mol. The highest BCUT2D eigenvalue weighted by Gasteiger charge is 2.39. The molecular weight excluding hydrogens is 419 g/mol. The minimum atomic E-state index is -0.526. The van der Waals surface area contributed by atoms with Gasteiger partial charge in [-0.05, 0) is 29.8 Å². The molecular formula is C21H17FN6O4. The van der Waals surface area contributed by atoms with Crippen LogP contribution in [0, 0.1) is 5.82 Å². The first kappa shape index (κ1) is 18.6. The molecule has 0 radical (unpaired) electrons. The highest BCUT2D eigenvalue weighted by atomic mass is 19.1. The first-order chi connectivity index (χ1) is 15.5. The van der Waals surface area contributed by atoms with Crippen molar-refractivity contribution in [3.05, 3.63) is 63.8 Å². The van der Waals surface area contributed by atoms with Crippen LogP contribution in [-0.2, 0) is 7.05 Å². The molecule has 2 atom stereocenters. The van der Waals surface area contributed by atoms with Crippen molar-refractivity contribution in [2.75, 3.05) is 19.2 Å². The fourth-order valence-corrected chi connectivity index (χ4v) is 4.50. The molecule has 10 nitrogen and oxygen atoms in total. The standard InChI is InChI=1S/C21H17FN6O4/c1-28-20(23-7-24-28)16-17(9-3-13(30-2)19-14(4-9)31-8-32-19)25-12-6-10(22)5-11-15(12)18(16)26-27-21(11)29/h3-7,16-17,25H,8H2,1-2H3,(H,27,29). The molecule has 0 saturated heterocycles. The number of hydrogen-bond acceptors (Lipinski definition) is 8. The van der Waals surface area contributed by atoms with Gasteiger partial charge in [0.15, 0.2) is 11.5 Å². The number of benzene rings is 2. The summed E-state index contributed by atoms with van der Waals surface area (Å²) in [5, 5.41) is 15.2. The predicted molar refractivity (Wildman–Crippen MR) is 111 cm³/mol. The van der Waals surface area contributed by atoms with E-state index in [2.05, 4.69) is 25.6 Å². The summed E-state index contributed by atoms with van der Waals surface area (Å²) in [7, 11) is 3.33. The maximum atomic E-state index is 14.4. The van der Waals surface area contributed by atoms with Crippen molar-refractivity contribution in [2.24, 2.45) is 7.05 Å². The van der Waals surface area contributed by atoms with Crippen molar-refractivity contribution in [3.8, 4) is 17.2 Å². The smallest absolute Gasteiger partial charge is 0.272 e. The van der Waals surface area contributed by atoms with Gasteiger partial charge in [0.05, 0.1) is 30.1 Å². The summed E-state index contributed by atoms with van der Waals surface area (Å²) in [5.41, 5.74) is 1.35. The van der Waals surface area contributed by atoms with Crippen LogP contribution in [0.1, 0.15) is 29.0 Å². The van der Waals surface area contributed by atoms with Crippen molar-refractivity contribution in [1.29, 1.82) is 0 Å². The number of fused-ring (bicyclic) bond motifs is 1. The van der Waals surface area contributed by atoms with Crippen molar-refractivity contribution in [2.45, 2.75) is 12.0 Å². The Bertz CT molecular complexity index is 1450. The summed E-state index contributed by atoms with van der Waals surface area (Å²) in [6.07, 6.45) is 1.45. The van der Waals surface area contributed by atoms with Crippen LogP contribution in [0.25, 0.3) is 10.8 Å². The van der Waals surface area contributed by atoms with E-state index in [0.717, 1.165) is 5.56 Å². The van der Waals surface area contributed by atoms with Crippen LogP contribution >= 0.6 is 0 Å². The molecule has 0 aliphatic carbocycles. The summed E-state index contributed by atoms with van der Waals surface area (Å²) in [4.78, 5) is 16.9.